The van der Waals surface area contributed by atoms with Crippen LogP contribution in [0.2, 0.25) is 0 Å². The third kappa shape index (κ3) is 5.38. The van der Waals surface area contributed by atoms with Crippen LogP contribution in [0.25, 0.3) is 0 Å². The predicted octanol–water partition coefficient (Wildman–Crippen LogP) is 5.77. The Morgan fingerprint density at radius 1 is 1.07 bits per heavy atom. The molecule has 1 saturated carbocycles. The van der Waals surface area contributed by atoms with Gasteiger partial charge < -0.3 is 24.0 Å². The number of nitrogens with zero attached hydrogens (tertiary/aromatic N) is 4. The summed E-state index contributed by atoms with van der Waals surface area (Å²) in [4.78, 5) is 29.4. The summed E-state index contributed by atoms with van der Waals surface area (Å²) >= 11 is 0. The lowest BCUT2D eigenvalue weighted by Crippen LogP contribution is -2.41. The second-order valence-electron chi connectivity index (χ2n) is 12.5. The van der Waals surface area contributed by atoms with Gasteiger partial charge in [0.1, 0.15) is 11.4 Å². The number of aryl methyl sites for hydroxylation is 1. The van der Waals surface area contributed by atoms with Crippen LogP contribution in [0.5, 0.6) is 11.5 Å². The number of esters is 1. The topological polar surface area (TPSA) is 86.8 Å². The summed E-state index contributed by atoms with van der Waals surface area (Å²) in [6, 6.07) is 15.1. The molecule has 1 aliphatic carbocycles. The van der Waals surface area contributed by atoms with Crippen molar-refractivity contribution in [2.45, 2.75) is 64.8 Å². The number of hydrogen-bond donors (Lipinski definition) is 1. The summed E-state index contributed by atoms with van der Waals surface area (Å²) in [5.74, 6) is 1.97. The Labute approximate surface area is 270 Å². The van der Waals surface area contributed by atoms with Crippen LogP contribution in [0.1, 0.15) is 67.7 Å². The van der Waals surface area contributed by atoms with Crippen molar-refractivity contribution in [2.24, 2.45) is 0 Å². The molecule has 0 bridgehead atoms. The van der Waals surface area contributed by atoms with Gasteiger partial charge in [-0.25, -0.2) is 0 Å². The lowest BCUT2D eigenvalue weighted by Gasteiger charge is -2.38. The number of hydrazine groups is 2. The smallest absolute Gasteiger partial charge is 0.306 e. The van der Waals surface area contributed by atoms with E-state index in [2.05, 4.69) is 58.8 Å². The van der Waals surface area contributed by atoms with Crippen LogP contribution in [0.4, 0.5) is 28.4 Å². The normalized spacial score (nSPS) is 17.0. The molecular formula is C36H43N5O5. The van der Waals surface area contributed by atoms with Crippen LogP contribution in [-0.2, 0) is 33.7 Å². The van der Waals surface area contributed by atoms with Gasteiger partial charge >= 0.3 is 5.97 Å². The Hall–Kier alpha value is -4.44. The van der Waals surface area contributed by atoms with Gasteiger partial charge in [0.2, 0.25) is 0 Å². The molecule has 0 spiro atoms. The molecule has 0 aromatic heterocycles. The van der Waals surface area contributed by atoms with Crippen LogP contribution in [-0.4, -0.2) is 52.3 Å². The Balaban J connectivity index is 1.20. The number of anilines is 5. The quantitative estimate of drug-likeness (QED) is 0.282. The Bertz CT molecular complexity index is 1670. The van der Waals surface area contributed by atoms with E-state index in [0.717, 1.165) is 71.4 Å². The molecule has 1 amide bonds. The lowest BCUT2D eigenvalue weighted by molar-refractivity contribution is -0.143. The summed E-state index contributed by atoms with van der Waals surface area (Å²) in [5, 5.41) is 4.11. The van der Waals surface area contributed by atoms with Crippen molar-refractivity contribution in [3.63, 3.8) is 0 Å². The van der Waals surface area contributed by atoms with Crippen molar-refractivity contribution in [2.75, 3.05) is 60.3 Å². The van der Waals surface area contributed by atoms with E-state index in [-0.39, 0.29) is 18.5 Å². The van der Waals surface area contributed by atoms with Gasteiger partial charge in [-0.15, -0.1) is 5.53 Å². The van der Waals surface area contributed by atoms with Crippen molar-refractivity contribution < 1.29 is 23.8 Å². The highest BCUT2D eigenvalue weighted by atomic mass is 16.5. The molecule has 0 unspecified atom stereocenters. The van der Waals surface area contributed by atoms with Gasteiger partial charge in [0.05, 0.1) is 36.5 Å². The molecule has 46 heavy (non-hydrogen) atoms. The molecular weight excluding hydrogens is 582 g/mol. The number of carbonyl (C=O) groups is 2. The molecule has 10 heteroatoms. The van der Waals surface area contributed by atoms with Crippen LogP contribution < -0.4 is 34.8 Å². The van der Waals surface area contributed by atoms with E-state index >= 15 is 0 Å². The van der Waals surface area contributed by atoms with Gasteiger partial charge in [0.25, 0.3) is 5.91 Å². The first-order chi connectivity index (χ1) is 22.4. The highest BCUT2D eigenvalue weighted by Gasteiger charge is 2.37. The van der Waals surface area contributed by atoms with Gasteiger partial charge in [-0.1, -0.05) is 25.1 Å². The van der Waals surface area contributed by atoms with Crippen LogP contribution in [0.15, 0.2) is 42.5 Å². The maximum Gasteiger partial charge on any atom is 0.306 e. The molecule has 242 valence electrons. The zero-order chi connectivity index (χ0) is 31.9. The van der Waals surface area contributed by atoms with E-state index in [0.29, 0.717) is 31.9 Å². The number of ether oxygens (including phenoxy) is 3. The monoisotopic (exact) mass is 625 g/mol. The fourth-order valence-corrected chi connectivity index (χ4v) is 7.14. The predicted molar refractivity (Wildman–Crippen MR) is 179 cm³/mol. The number of amides is 1. The average Bonchev–Trinajstić information content (AvgIpc) is 3.86. The average molecular weight is 626 g/mol. The standard InChI is InChI=1S/C36H43N5O5/c1-5-17-40-32(42)22-46-36-29(14-13-27(34(36)40)24-11-12-24)39-18-16-26-25(21-39)8-7-9-28(26)41-30-19-23(10-15-33(43)45-6-2)20-31(44-4)35(30)38(3)37-41/h7-9,13-14,19-20,24,37H,5-6,10-12,15-18,21-22H2,1-4H3. The summed E-state index contributed by atoms with van der Waals surface area (Å²) in [6.45, 7) is 6.68. The van der Waals surface area contributed by atoms with Gasteiger partial charge in [-0.05, 0) is 91.5 Å². The number of benzene rings is 3. The molecule has 3 aromatic carbocycles. The minimum atomic E-state index is -0.200. The van der Waals surface area contributed by atoms with Gasteiger partial charge in [0.15, 0.2) is 12.4 Å². The summed E-state index contributed by atoms with van der Waals surface area (Å²) in [7, 11) is 3.66. The van der Waals surface area contributed by atoms with E-state index in [1.165, 1.54) is 29.5 Å². The Kier molecular flexibility index (Phi) is 8.15. The Morgan fingerprint density at radius 3 is 2.67 bits per heavy atom. The maximum atomic E-state index is 13.0. The third-order valence-corrected chi connectivity index (χ3v) is 9.42. The number of fused-ring (bicyclic) bond motifs is 3. The van der Waals surface area contributed by atoms with Crippen molar-refractivity contribution in [3.05, 3.63) is 64.7 Å². The number of hydrogen-bond acceptors (Lipinski definition) is 9. The zero-order valence-electron chi connectivity index (χ0n) is 27.2. The first-order valence-corrected chi connectivity index (χ1v) is 16.5. The first-order valence-electron chi connectivity index (χ1n) is 16.5. The first kappa shape index (κ1) is 30.2. The molecule has 1 N–H and O–H groups in total. The van der Waals surface area contributed by atoms with E-state index in [1.807, 2.05) is 29.9 Å². The maximum absolute atomic E-state index is 13.0. The highest BCUT2D eigenvalue weighted by Crippen LogP contribution is 2.53. The second kappa shape index (κ2) is 12.4. The molecule has 0 radical (unpaired) electrons. The van der Waals surface area contributed by atoms with Crippen molar-refractivity contribution in [1.29, 1.82) is 0 Å². The van der Waals surface area contributed by atoms with Gasteiger partial charge in [-0.2, -0.15) is 0 Å². The third-order valence-electron chi connectivity index (χ3n) is 9.42. The van der Waals surface area contributed by atoms with E-state index in [1.54, 1.807) is 7.11 Å². The minimum Gasteiger partial charge on any atom is -0.494 e. The summed E-state index contributed by atoms with van der Waals surface area (Å²) < 4.78 is 17.2. The molecule has 3 aromatic rings. The molecule has 3 aliphatic heterocycles. The van der Waals surface area contributed by atoms with Gasteiger partial charge in [0, 0.05) is 33.1 Å². The number of nitrogens with one attached hydrogen (secondary N) is 1. The SMILES string of the molecule is CCCN1C(=O)COc2c(N3CCc4c(cccc4N4NN(C)c5c(OC)cc(CCC(=O)OCC)cc54)C3)ccc(C3CC3)c21. The number of rotatable bonds is 10. The molecule has 10 nitrogen and oxygen atoms in total. The fourth-order valence-electron chi connectivity index (χ4n) is 7.14. The van der Waals surface area contributed by atoms with Crippen molar-refractivity contribution in [1.82, 2.24) is 5.53 Å². The zero-order valence-corrected chi connectivity index (χ0v) is 27.2. The second-order valence-corrected chi connectivity index (χ2v) is 12.5. The molecule has 4 aliphatic rings. The van der Waals surface area contributed by atoms with Crippen LogP contribution in [0.3, 0.4) is 0 Å². The van der Waals surface area contributed by atoms with E-state index < -0.39 is 0 Å². The molecule has 1 fully saturated rings. The number of methoxy groups -OCH3 is 1. The van der Waals surface area contributed by atoms with E-state index in [4.69, 9.17) is 14.2 Å². The summed E-state index contributed by atoms with van der Waals surface area (Å²) in [5.41, 5.74) is 13.4. The lowest BCUT2D eigenvalue weighted by atomic mass is 9.95. The van der Waals surface area contributed by atoms with Crippen molar-refractivity contribution in [3.8, 4) is 11.5 Å². The van der Waals surface area contributed by atoms with Crippen molar-refractivity contribution >= 4 is 40.3 Å². The van der Waals surface area contributed by atoms with E-state index in [9.17, 15) is 9.59 Å². The highest BCUT2D eigenvalue weighted by molar-refractivity contribution is 6.01. The van der Waals surface area contributed by atoms with Crippen LogP contribution >= 0.6 is 0 Å². The molecule has 0 saturated heterocycles. The largest absolute Gasteiger partial charge is 0.494 e. The number of carbonyl (C=O) groups excluding carboxylic acids is 2. The van der Waals surface area contributed by atoms with Gasteiger partial charge in [-0.3, -0.25) is 19.6 Å². The molecule has 7 rings (SSSR count). The fraction of sp³-hybridized carbons (Fsp3) is 0.444. The Morgan fingerprint density at radius 2 is 1.91 bits per heavy atom. The molecule has 3 heterocycles. The van der Waals surface area contributed by atoms with Crippen LogP contribution in [0, 0.1) is 0 Å². The summed E-state index contributed by atoms with van der Waals surface area (Å²) in [6.07, 6.45) is 4.97. The minimum absolute atomic E-state index is 0.0473. The molecule has 0 atom stereocenters.